The Balaban J connectivity index is 0.000000970. The Morgan fingerprint density at radius 1 is 0.812 bits per heavy atom. The molecule has 0 radical (unpaired) electrons. The number of hydrogen-bond acceptors (Lipinski definition) is 4. The van der Waals surface area contributed by atoms with Gasteiger partial charge in [0.15, 0.2) is 0 Å². The highest BCUT2D eigenvalue weighted by molar-refractivity contribution is 6.35. The summed E-state index contributed by atoms with van der Waals surface area (Å²) in [6.07, 6.45) is 5.34. The van der Waals surface area contributed by atoms with Crippen molar-refractivity contribution in [2.45, 2.75) is 46.0 Å². The summed E-state index contributed by atoms with van der Waals surface area (Å²) in [5, 5.41) is 7.69. The Hall–Kier alpha value is -3.17. The molecule has 48 heavy (non-hydrogen) atoms. The first-order valence-corrected chi connectivity index (χ1v) is 17.2. The summed E-state index contributed by atoms with van der Waals surface area (Å²) in [7, 11) is 5.14. The number of likely N-dealkylation sites (tertiary alicyclic amines) is 1. The van der Waals surface area contributed by atoms with Crippen molar-refractivity contribution < 1.29 is 23.3 Å². The first kappa shape index (κ1) is 39.3. The second-order valence-electron chi connectivity index (χ2n) is 13.2. The molecule has 0 bridgehead atoms. The van der Waals surface area contributed by atoms with Gasteiger partial charge < -0.3 is 24.8 Å². The number of ketones is 1. The number of nitrogens with one attached hydrogen (secondary N) is 2. The van der Waals surface area contributed by atoms with Crippen molar-refractivity contribution in [1.29, 1.82) is 0 Å². The molecule has 2 fully saturated rings. The van der Waals surface area contributed by atoms with E-state index < -0.39 is 0 Å². The van der Waals surface area contributed by atoms with E-state index in [9.17, 15) is 18.8 Å². The Morgan fingerprint density at radius 2 is 1.42 bits per heavy atom. The Labute approximate surface area is 299 Å². The number of alkyl halides is 1. The molecule has 2 amide bonds. The predicted octanol–water partition coefficient (Wildman–Crippen LogP) is 8.51. The van der Waals surface area contributed by atoms with E-state index in [2.05, 4.69) is 29.6 Å². The van der Waals surface area contributed by atoms with Crippen molar-refractivity contribution in [2.75, 3.05) is 64.2 Å². The average molecular weight is 721 g/mol. The van der Waals surface area contributed by atoms with Crippen molar-refractivity contribution in [3.05, 3.63) is 92.4 Å². The van der Waals surface area contributed by atoms with Crippen molar-refractivity contribution in [3.63, 3.8) is 0 Å². The van der Waals surface area contributed by atoms with Crippen molar-refractivity contribution in [3.8, 4) is 0 Å². The maximum absolute atomic E-state index is 13.3. The number of halogens is 4. The molecular formula is C37H47Cl3FN4O3+. The largest absolute Gasteiger partial charge is 0.370 e. The van der Waals surface area contributed by atoms with Crippen LogP contribution in [0.15, 0.2) is 60.7 Å². The second-order valence-corrected chi connectivity index (χ2v) is 14.5. The summed E-state index contributed by atoms with van der Waals surface area (Å²) < 4.78 is 10.6. The van der Waals surface area contributed by atoms with Crippen LogP contribution in [0, 0.1) is 5.41 Å². The van der Waals surface area contributed by atoms with Crippen molar-refractivity contribution >= 4 is 63.8 Å². The standard InChI is InChI=1S/C33H37Cl3N4O2.C3H6O.CH3F/c1-40(2)18-13-33(14-19-40)11-16-39(17-12-33)30-9-7-25(21-29(30)38-32(42)24-4-3-5-26(34)20-24)31(41)37-15-10-23-6-8-27(35)22-28(23)36;1-3(2)4;1-2/h3-9,20-22H,10-19H2,1-2H3,(H-,37,38,41,42);1-2H3;1H3/p+1. The van der Waals surface area contributed by atoms with Gasteiger partial charge in [0.1, 0.15) is 5.78 Å². The number of amides is 2. The molecule has 0 aliphatic carbocycles. The fraction of sp³-hybridized carbons (Fsp3) is 0.432. The number of piperidine rings is 2. The normalized spacial score (nSPS) is 16.1. The molecule has 3 aromatic rings. The molecule has 2 heterocycles. The lowest BCUT2D eigenvalue weighted by atomic mass is 9.70. The van der Waals surface area contributed by atoms with Crippen LogP contribution in [0.4, 0.5) is 15.8 Å². The summed E-state index contributed by atoms with van der Waals surface area (Å²) in [5.74, 6) is -0.320. The van der Waals surface area contributed by atoms with Crippen LogP contribution in [-0.4, -0.2) is 76.1 Å². The molecule has 2 aliphatic heterocycles. The first-order valence-electron chi connectivity index (χ1n) is 16.1. The number of benzene rings is 3. The number of anilines is 2. The molecule has 0 unspecified atom stereocenters. The summed E-state index contributed by atoms with van der Waals surface area (Å²) in [4.78, 5) is 38.2. The molecule has 2 saturated heterocycles. The van der Waals surface area contributed by atoms with Crippen molar-refractivity contribution in [1.82, 2.24) is 5.32 Å². The number of nitrogens with zero attached hydrogens (tertiary/aromatic N) is 2. The zero-order chi connectivity index (χ0) is 35.5. The molecule has 11 heteroatoms. The van der Waals surface area contributed by atoms with Crippen LogP contribution < -0.4 is 15.5 Å². The van der Waals surface area contributed by atoms with E-state index in [1.807, 2.05) is 18.2 Å². The summed E-state index contributed by atoms with van der Waals surface area (Å²) in [6.45, 7) is 7.74. The van der Waals surface area contributed by atoms with Gasteiger partial charge in [-0.1, -0.05) is 46.9 Å². The molecule has 2 aliphatic rings. The van der Waals surface area contributed by atoms with E-state index in [1.54, 1.807) is 42.5 Å². The third kappa shape index (κ3) is 11.5. The minimum absolute atomic E-state index is 0.167. The Kier molecular flexibility index (Phi) is 14.7. The van der Waals surface area contributed by atoms with Gasteiger partial charge in [0.25, 0.3) is 11.8 Å². The minimum atomic E-state index is -0.269. The van der Waals surface area contributed by atoms with Crippen LogP contribution >= 0.6 is 34.8 Å². The van der Waals surface area contributed by atoms with Gasteiger partial charge in [-0.05, 0) is 92.6 Å². The van der Waals surface area contributed by atoms with E-state index >= 15 is 0 Å². The van der Waals surface area contributed by atoms with Gasteiger partial charge in [0.2, 0.25) is 0 Å². The fourth-order valence-electron chi connectivity index (χ4n) is 6.05. The van der Waals surface area contributed by atoms with E-state index in [1.165, 1.54) is 39.8 Å². The maximum atomic E-state index is 13.3. The third-order valence-corrected chi connectivity index (χ3v) is 9.77. The predicted molar refractivity (Wildman–Crippen MR) is 197 cm³/mol. The van der Waals surface area contributed by atoms with E-state index in [4.69, 9.17) is 34.8 Å². The maximum Gasteiger partial charge on any atom is 0.255 e. The Morgan fingerprint density at radius 3 is 2.02 bits per heavy atom. The molecule has 2 N–H and O–H groups in total. The molecule has 0 saturated carbocycles. The lowest BCUT2D eigenvalue weighted by molar-refractivity contribution is -0.897. The highest BCUT2D eigenvalue weighted by Gasteiger charge is 2.41. The summed E-state index contributed by atoms with van der Waals surface area (Å²) in [6, 6.07) is 17.8. The van der Waals surface area contributed by atoms with E-state index in [0.717, 1.165) is 41.7 Å². The summed E-state index contributed by atoms with van der Waals surface area (Å²) >= 11 is 18.4. The number of quaternary nitrogens is 1. The fourth-order valence-corrected chi connectivity index (χ4v) is 6.75. The average Bonchev–Trinajstić information content (AvgIpc) is 3.05. The Bertz CT molecular complexity index is 1560. The van der Waals surface area contributed by atoms with Crippen LogP contribution in [-0.2, 0) is 11.2 Å². The van der Waals surface area contributed by atoms with Crippen LogP contribution in [0.3, 0.4) is 0 Å². The molecular weight excluding hydrogens is 674 g/mol. The lowest BCUT2D eigenvalue weighted by Gasteiger charge is -2.49. The number of hydrogen-bond donors (Lipinski definition) is 2. The zero-order valence-electron chi connectivity index (χ0n) is 28.5. The molecule has 1 spiro atoms. The quantitative estimate of drug-likeness (QED) is 0.240. The third-order valence-electron chi connectivity index (χ3n) is 8.95. The van der Waals surface area contributed by atoms with Crippen LogP contribution in [0.2, 0.25) is 15.1 Å². The van der Waals surface area contributed by atoms with Gasteiger partial charge >= 0.3 is 0 Å². The smallest absolute Gasteiger partial charge is 0.255 e. The van der Waals surface area contributed by atoms with Gasteiger partial charge in [-0.3, -0.25) is 14.0 Å². The summed E-state index contributed by atoms with van der Waals surface area (Å²) in [5.41, 5.74) is 3.80. The van der Waals surface area contributed by atoms with Gasteiger partial charge in [0, 0.05) is 58.7 Å². The number of carbonyl (C=O) groups excluding carboxylic acids is 3. The second kappa shape index (κ2) is 18.0. The van der Waals surface area contributed by atoms with E-state index in [-0.39, 0.29) is 17.6 Å². The lowest BCUT2D eigenvalue weighted by Crippen LogP contribution is -2.52. The first-order chi connectivity index (χ1) is 22.8. The van der Waals surface area contributed by atoms with Crippen LogP contribution in [0.25, 0.3) is 0 Å². The molecule has 3 aromatic carbocycles. The zero-order valence-corrected chi connectivity index (χ0v) is 30.7. The van der Waals surface area contributed by atoms with Gasteiger partial charge in [-0.25, -0.2) is 0 Å². The van der Waals surface area contributed by atoms with Crippen LogP contribution in [0.1, 0.15) is 65.8 Å². The monoisotopic (exact) mass is 719 g/mol. The SMILES string of the molecule is CC(C)=O.CF.C[N+]1(C)CCC2(CCN(c3ccc(C(=O)NCCc4ccc(Cl)cc4Cl)cc3NC(=O)c3cccc(Cl)c3)CC2)CC1. The molecule has 0 aromatic heterocycles. The van der Waals surface area contributed by atoms with Gasteiger partial charge in [-0.15, -0.1) is 0 Å². The van der Waals surface area contributed by atoms with E-state index in [0.29, 0.717) is 57.4 Å². The highest BCUT2D eigenvalue weighted by Crippen LogP contribution is 2.44. The van der Waals surface area contributed by atoms with Gasteiger partial charge in [-0.2, -0.15) is 0 Å². The number of Topliss-reactive ketones (excluding diaryl/α,β-unsaturated/α-hetero) is 1. The molecule has 260 valence electrons. The molecule has 5 rings (SSSR count). The van der Waals surface area contributed by atoms with Gasteiger partial charge in [0.05, 0.1) is 45.7 Å². The highest BCUT2D eigenvalue weighted by atomic mass is 35.5. The number of rotatable bonds is 7. The number of carbonyl (C=O) groups is 3. The van der Waals surface area contributed by atoms with Crippen LogP contribution in [0.5, 0.6) is 0 Å². The van der Waals surface area contributed by atoms with Crippen molar-refractivity contribution in [2.24, 2.45) is 5.41 Å². The topological polar surface area (TPSA) is 78.5 Å². The molecule has 7 nitrogen and oxygen atoms in total. The minimum Gasteiger partial charge on any atom is -0.370 e. The molecule has 0 atom stereocenters.